The number of hydrogen-bond donors (Lipinski definition) is 2. The van der Waals surface area contributed by atoms with Crippen molar-refractivity contribution in [3.63, 3.8) is 0 Å². The number of nitrogens with zero attached hydrogens (tertiary/aromatic N) is 4. The lowest BCUT2D eigenvalue weighted by molar-refractivity contribution is -0.148. The van der Waals surface area contributed by atoms with Crippen LogP contribution in [0.1, 0.15) is 19.8 Å². The maximum Gasteiger partial charge on any atom is 0.310 e. The van der Waals surface area contributed by atoms with Gasteiger partial charge in [-0.15, -0.1) is 11.3 Å². The molecule has 1 unspecified atom stereocenters. The monoisotopic (exact) mass is 348 g/mol. The number of aromatic nitrogens is 3. The molecule has 0 aliphatic carbocycles. The Bertz CT molecular complexity index is 693. The molecule has 9 heteroatoms. The smallest absolute Gasteiger partial charge is 0.310 e. The van der Waals surface area contributed by atoms with Gasteiger partial charge in [0.2, 0.25) is 0 Å². The van der Waals surface area contributed by atoms with Crippen LogP contribution in [0.2, 0.25) is 0 Å². The van der Waals surface area contributed by atoms with Crippen molar-refractivity contribution < 1.29 is 9.53 Å². The number of nitrogens with one attached hydrogen (secondary N) is 1. The van der Waals surface area contributed by atoms with E-state index in [2.05, 4.69) is 20.3 Å². The highest BCUT2D eigenvalue weighted by molar-refractivity contribution is 7.13. The molecule has 1 aliphatic rings. The van der Waals surface area contributed by atoms with Crippen LogP contribution in [-0.2, 0) is 9.53 Å². The van der Waals surface area contributed by atoms with Crippen molar-refractivity contribution in [3.05, 3.63) is 17.9 Å². The van der Waals surface area contributed by atoms with Crippen LogP contribution in [0.25, 0.3) is 0 Å². The predicted molar refractivity (Wildman–Crippen MR) is 93.4 cm³/mol. The van der Waals surface area contributed by atoms with Gasteiger partial charge in [-0.2, -0.15) is 0 Å². The molecule has 0 aromatic carbocycles. The van der Waals surface area contributed by atoms with Gasteiger partial charge in [0.15, 0.2) is 16.8 Å². The summed E-state index contributed by atoms with van der Waals surface area (Å²) in [5.74, 6) is 0.852. The Hall–Kier alpha value is -2.42. The average Bonchev–Trinajstić information content (AvgIpc) is 3.10. The highest BCUT2D eigenvalue weighted by Crippen LogP contribution is 2.31. The molecule has 0 saturated carbocycles. The molecule has 1 atom stereocenters. The minimum atomic E-state index is -0.157. The SMILES string of the molecule is CCOC(=O)C1CCCN(c2ncnc(Nc3nccs3)c2N)C1. The van der Waals surface area contributed by atoms with Gasteiger partial charge in [-0.25, -0.2) is 15.0 Å². The summed E-state index contributed by atoms with van der Waals surface area (Å²) in [5, 5.41) is 5.69. The van der Waals surface area contributed by atoms with Crippen LogP contribution in [0.3, 0.4) is 0 Å². The Morgan fingerprint density at radius 1 is 1.50 bits per heavy atom. The zero-order valence-electron chi connectivity index (χ0n) is 13.4. The number of nitrogen functional groups attached to an aromatic ring is 1. The second-order valence-electron chi connectivity index (χ2n) is 5.46. The van der Waals surface area contributed by atoms with E-state index >= 15 is 0 Å². The summed E-state index contributed by atoms with van der Waals surface area (Å²) in [5.41, 5.74) is 6.70. The van der Waals surface area contributed by atoms with E-state index in [0.29, 0.717) is 30.5 Å². The summed E-state index contributed by atoms with van der Waals surface area (Å²) in [6, 6.07) is 0. The number of nitrogens with two attached hydrogens (primary N) is 1. The molecule has 2 aromatic heterocycles. The van der Waals surface area contributed by atoms with E-state index in [1.54, 1.807) is 6.20 Å². The molecular formula is C15H20N6O2S. The van der Waals surface area contributed by atoms with Gasteiger partial charge in [-0.05, 0) is 19.8 Å². The van der Waals surface area contributed by atoms with Crippen molar-refractivity contribution >= 4 is 39.8 Å². The van der Waals surface area contributed by atoms with Crippen LogP contribution >= 0.6 is 11.3 Å². The number of esters is 1. The first-order valence-corrected chi connectivity index (χ1v) is 8.75. The van der Waals surface area contributed by atoms with Gasteiger partial charge in [0.05, 0.1) is 12.5 Å². The van der Waals surface area contributed by atoms with Gasteiger partial charge >= 0.3 is 5.97 Å². The van der Waals surface area contributed by atoms with Gasteiger partial charge in [0.25, 0.3) is 0 Å². The Morgan fingerprint density at radius 2 is 2.38 bits per heavy atom. The zero-order valence-corrected chi connectivity index (χ0v) is 14.3. The van der Waals surface area contributed by atoms with E-state index in [1.165, 1.54) is 17.7 Å². The lowest BCUT2D eigenvalue weighted by Gasteiger charge is -2.33. The molecule has 1 saturated heterocycles. The van der Waals surface area contributed by atoms with Crippen LogP contribution in [0.15, 0.2) is 17.9 Å². The first-order valence-electron chi connectivity index (χ1n) is 7.87. The van der Waals surface area contributed by atoms with E-state index in [9.17, 15) is 4.79 Å². The molecule has 0 amide bonds. The maximum absolute atomic E-state index is 12.0. The highest BCUT2D eigenvalue weighted by atomic mass is 32.1. The molecule has 128 valence electrons. The van der Waals surface area contributed by atoms with E-state index in [0.717, 1.165) is 24.5 Å². The van der Waals surface area contributed by atoms with E-state index in [1.807, 2.05) is 17.2 Å². The molecule has 2 aromatic rings. The van der Waals surface area contributed by atoms with Crippen molar-refractivity contribution in [2.24, 2.45) is 5.92 Å². The van der Waals surface area contributed by atoms with E-state index in [4.69, 9.17) is 10.5 Å². The molecule has 24 heavy (non-hydrogen) atoms. The fraction of sp³-hybridized carbons (Fsp3) is 0.467. The third-order valence-corrected chi connectivity index (χ3v) is 4.55. The maximum atomic E-state index is 12.0. The summed E-state index contributed by atoms with van der Waals surface area (Å²) in [6.07, 6.45) is 4.89. The summed E-state index contributed by atoms with van der Waals surface area (Å²) < 4.78 is 5.14. The Labute approximate surface area is 144 Å². The normalized spacial score (nSPS) is 17.5. The van der Waals surface area contributed by atoms with Crippen LogP contribution < -0.4 is 16.0 Å². The minimum Gasteiger partial charge on any atom is -0.466 e. The third-order valence-electron chi connectivity index (χ3n) is 3.86. The molecule has 3 N–H and O–H groups in total. The number of rotatable bonds is 5. The second-order valence-corrected chi connectivity index (χ2v) is 6.35. The first-order chi connectivity index (χ1) is 11.7. The van der Waals surface area contributed by atoms with Crippen LogP contribution in [0.5, 0.6) is 0 Å². The van der Waals surface area contributed by atoms with Crippen LogP contribution in [0, 0.1) is 5.92 Å². The fourth-order valence-electron chi connectivity index (χ4n) is 2.75. The summed E-state index contributed by atoms with van der Waals surface area (Å²) in [6.45, 7) is 3.56. The zero-order chi connectivity index (χ0) is 16.9. The molecule has 0 bridgehead atoms. The van der Waals surface area contributed by atoms with E-state index in [-0.39, 0.29) is 11.9 Å². The Balaban J connectivity index is 1.77. The van der Waals surface area contributed by atoms with Crippen molar-refractivity contribution in [1.29, 1.82) is 0 Å². The number of piperidine rings is 1. The topological polar surface area (TPSA) is 106 Å². The standard InChI is InChI=1S/C15H20N6O2S/c1-2-23-14(22)10-4-3-6-21(8-10)13-11(16)12(18-9-19-13)20-15-17-5-7-24-15/h5,7,9-10H,2-4,6,8,16H2,1H3,(H,17,18,19,20). The van der Waals surface area contributed by atoms with Crippen molar-refractivity contribution in [3.8, 4) is 0 Å². The van der Waals surface area contributed by atoms with E-state index < -0.39 is 0 Å². The predicted octanol–water partition coefficient (Wildman–Crippen LogP) is 2.04. The summed E-state index contributed by atoms with van der Waals surface area (Å²) in [7, 11) is 0. The Kier molecular flexibility index (Phi) is 5.09. The van der Waals surface area contributed by atoms with Crippen molar-refractivity contribution in [1.82, 2.24) is 15.0 Å². The summed E-state index contributed by atoms with van der Waals surface area (Å²) >= 11 is 1.46. The molecule has 8 nitrogen and oxygen atoms in total. The fourth-order valence-corrected chi connectivity index (χ4v) is 3.27. The molecule has 3 rings (SSSR count). The molecule has 0 spiro atoms. The van der Waals surface area contributed by atoms with Gasteiger partial charge in [-0.1, -0.05) is 0 Å². The third kappa shape index (κ3) is 3.56. The highest BCUT2D eigenvalue weighted by Gasteiger charge is 2.29. The van der Waals surface area contributed by atoms with Crippen LogP contribution in [0.4, 0.5) is 22.5 Å². The lowest BCUT2D eigenvalue weighted by Crippen LogP contribution is -2.40. The molecule has 0 radical (unpaired) electrons. The molecular weight excluding hydrogens is 328 g/mol. The number of hydrogen-bond acceptors (Lipinski definition) is 9. The summed E-state index contributed by atoms with van der Waals surface area (Å²) in [4.78, 5) is 26.7. The average molecular weight is 348 g/mol. The van der Waals surface area contributed by atoms with Gasteiger partial charge in [-0.3, -0.25) is 4.79 Å². The quantitative estimate of drug-likeness (QED) is 0.791. The van der Waals surface area contributed by atoms with Gasteiger partial charge in [0.1, 0.15) is 12.0 Å². The number of carbonyl (C=O) groups excluding carboxylic acids is 1. The second kappa shape index (κ2) is 7.43. The van der Waals surface area contributed by atoms with Gasteiger partial charge in [0, 0.05) is 24.7 Å². The minimum absolute atomic E-state index is 0.150. The first kappa shape index (κ1) is 16.4. The Morgan fingerprint density at radius 3 is 3.12 bits per heavy atom. The van der Waals surface area contributed by atoms with Gasteiger partial charge < -0.3 is 20.7 Å². The molecule has 1 aliphatic heterocycles. The molecule has 3 heterocycles. The molecule has 1 fully saturated rings. The lowest BCUT2D eigenvalue weighted by atomic mass is 9.98. The van der Waals surface area contributed by atoms with Crippen molar-refractivity contribution in [2.75, 3.05) is 35.6 Å². The van der Waals surface area contributed by atoms with Crippen LogP contribution in [-0.4, -0.2) is 40.6 Å². The number of ether oxygens (including phenoxy) is 1. The number of thiazole rings is 1. The number of carbonyl (C=O) groups is 1. The van der Waals surface area contributed by atoms with Crippen molar-refractivity contribution in [2.45, 2.75) is 19.8 Å². The largest absolute Gasteiger partial charge is 0.466 e. The number of anilines is 4.